The minimum Gasteiger partial charge on any atom is -0.396 e. The number of hydrogen-bond acceptors (Lipinski definition) is 3. The number of nitrogens with zero attached hydrogens (tertiary/aromatic N) is 2. The zero-order chi connectivity index (χ0) is 10.2. The second-order valence-electron chi connectivity index (χ2n) is 2.98. The second kappa shape index (κ2) is 6.15. The van der Waals surface area contributed by atoms with E-state index in [4.69, 9.17) is 5.11 Å². The molecule has 0 saturated carbocycles. The molecule has 78 valence electrons. The number of carbonyl (C=O) groups excluding carboxylic acids is 1. The monoisotopic (exact) mass is 197 g/mol. The van der Waals surface area contributed by atoms with Crippen LogP contribution in [-0.2, 0) is 11.3 Å². The summed E-state index contributed by atoms with van der Waals surface area (Å²) in [4.78, 5) is 11.2. The van der Waals surface area contributed by atoms with Crippen LogP contribution in [0.15, 0.2) is 18.5 Å². The maximum absolute atomic E-state index is 11.2. The van der Waals surface area contributed by atoms with Crippen LogP contribution in [0.3, 0.4) is 0 Å². The topological polar surface area (TPSA) is 67.2 Å². The van der Waals surface area contributed by atoms with Gasteiger partial charge in [-0.15, -0.1) is 0 Å². The zero-order valence-corrected chi connectivity index (χ0v) is 8.02. The van der Waals surface area contributed by atoms with Crippen LogP contribution < -0.4 is 5.32 Å². The van der Waals surface area contributed by atoms with E-state index < -0.39 is 0 Å². The zero-order valence-electron chi connectivity index (χ0n) is 8.02. The van der Waals surface area contributed by atoms with E-state index in [1.165, 1.54) is 0 Å². The normalized spacial score (nSPS) is 10.1. The van der Waals surface area contributed by atoms with Crippen LogP contribution in [0.5, 0.6) is 0 Å². The van der Waals surface area contributed by atoms with Crippen LogP contribution in [-0.4, -0.2) is 33.9 Å². The summed E-state index contributed by atoms with van der Waals surface area (Å²) in [6.07, 6.45) is 4.91. The van der Waals surface area contributed by atoms with E-state index in [9.17, 15) is 4.79 Å². The molecule has 0 spiro atoms. The van der Waals surface area contributed by atoms with Crippen molar-refractivity contribution in [2.24, 2.45) is 0 Å². The van der Waals surface area contributed by atoms with Crippen LogP contribution >= 0.6 is 0 Å². The molecule has 2 N–H and O–H groups in total. The molecule has 1 aromatic heterocycles. The van der Waals surface area contributed by atoms with Gasteiger partial charge in [-0.3, -0.25) is 9.48 Å². The maximum atomic E-state index is 11.2. The van der Waals surface area contributed by atoms with Gasteiger partial charge in [0, 0.05) is 25.5 Å². The Labute approximate surface area is 82.7 Å². The lowest BCUT2D eigenvalue weighted by Crippen LogP contribution is -2.28. The number of unbranched alkanes of at least 4 members (excludes halogenated alkanes) is 1. The van der Waals surface area contributed by atoms with Gasteiger partial charge in [-0.25, -0.2) is 0 Å². The number of rotatable bonds is 6. The van der Waals surface area contributed by atoms with Crippen molar-refractivity contribution in [2.45, 2.75) is 19.4 Å². The third kappa shape index (κ3) is 4.04. The average molecular weight is 197 g/mol. The predicted molar refractivity (Wildman–Crippen MR) is 51.6 cm³/mol. The minimum absolute atomic E-state index is 0.0494. The van der Waals surface area contributed by atoms with Crippen molar-refractivity contribution < 1.29 is 9.90 Å². The van der Waals surface area contributed by atoms with Crippen LogP contribution in [0.4, 0.5) is 0 Å². The fraction of sp³-hybridized carbons (Fsp3) is 0.556. The van der Waals surface area contributed by atoms with Gasteiger partial charge in [-0.05, 0) is 18.9 Å². The number of aliphatic hydroxyl groups is 1. The molecule has 0 unspecified atom stereocenters. The number of amides is 1. The molecule has 0 fully saturated rings. The Morgan fingerprint density at radius 2 is 2.36 bits per heavy atom. The first-order valence-corrected chi connectivity index (χ1v) is 4.68. The summed E-state index contributed by atoms with van der Waals surface area (Å²) in [6, 6.07) is 1.78. The SMILES string of the molecule is O=C(Cn1cccn1)NCCCCO. The largest absolute Gasteiger partial charge is 0.396 e. The molecule has 0 bridgehead atoms. The van der Waals surface area contributed by atoms with Crippen molar-refractivity contribution in [2.75, 3.05) is 13.2 Å². The summed E-state index contributed by atoms with van der Waals surface area (Å²) in [7, 11) is 0. The van der Waals surface area contributed by atoms with Gasteiger partial charge >= 0.3 is 0 Å². The Morgan fingerprint density at radius 1 is 1.50 bits per heavy atom. The molecular formula is C9H15N3O2. The lowest BCUT2D eigenvalue weighted by atomic mass is 10.3. The third-order valence-corrected chi connectivity index (χ3v) is 1.77. The lowest BCUT2D eigenvalue weighted by Gasteiger charge is -2.04. The van der Waals surface area contributed by atoms with Crippen LogP contribution in [0.25, 0.3) is 0 Å². The highest BCUT2D eigenvalue weighted by Crippen LogP contribution is 1.86. The highest BCUT2D eigenvalue weighted by molar-refractivity contribution is 5.75. The molecule has 1 rings (SSSR count). The number of aliphatic hydroxyl groups excluding tert-OH is 1. The van der Waals surface area contributed by atoms with Gasteiger partial charge in [0.2, 0.25) is 5.91 Å². The molecule has 14 heavy (non-hydrogen) atoms. The highest BCUT2D eigenvalue weighted by atomic mass is 16.2. The Morgan fingerprint density at radius 3 is 3.00 bits per heavy atom. The molecule has 0 saturated heterocycles. The van der Waals surface area contributed by atoms with E-state index in [1.54, 1.807) is 23.1 Å². The lowest BCUT2D eigenvalue weighted by molar-refractivity contribution is -0.121. The molecule has 1 aromatic rings. The fourth-order valence-electron chi connectivity index (χ4n) is 1.06. The first kappa shape index (κ1) is 10.7. The minimum atomic E-state index is -0.0494. The van der Waals surface area contributed by atoms with Crippen LogP contribution in [0, 0.1) is 0 Å². The molecule has 0 aliphatic heterocycles. The Balaban J connectivity index is 2.11. The smallest absolute Gasteiger partial charge is 0.241 e. The molecule has 0 aliphatic carbocycles. The number of carbonyl (C=O) groups is 1. The van der Waals surface area contributed by atoms with Crippen molar-refractivity contribution in [3.63, 3.8) is 0 Å². The van der Waals surface area contributed by atoms with Gasteiger partial charge in [0.05, 0.1) is 0 Å². The van der Waals surface area contributed by atoms with Gasteiger partial charge in [-0.1, -0.05) is 0 Å². The molecule has 1 heterocycles. The van der Waals surface area contributed by atoms with E-state index in [2.05, 4.69) is 10.4 Å². The summed E-state index contributed by atoms with van der Waals surface area (Å²) in [5.41, 5.74) is 0. The van der Waals surface area contributed by atoms with Gasteiger partial charge in [0.1, 0.15) is 6.54 Å². The van der Waals surface area contributed by atoms with Crippen molar-refractivity contribution in [3.8, 4) is 0 Å². The van der Waals surface area contributed by atoms with Crippen LogP contribution in [0.1, 0.15) is 12.8 Å². The van der Waals surface area contributed by atoms with E-state index in [1.807, 2.05) is 0 Å². The molecule has 0 radical (unpaired) electrons. The Kier molecular flexibility index (Phi) is 4.71. The summed E-state index contributed by atoms with van der Waals surface area (Å²) in [5.74, 6) is -0.0494. The maximum Gasteiger partial charge on any atom is 0.241 e. The van der Waals surface area contributed by atoms with Gasteiger partial charge in [0.25, 0.3) is 0 Å². The fourth-order valence-corrected chi connectivity index (χ4v) is 1.06. The molecule has 1 amide bonds. The van der Waals surface area contributed by atoms with Crippen LogP contribution in [0.2, 0.25) is 0 Å². The molecular weight excluding hydrogens is 182 g/mol. The quantitative estimate of drug-likeness (QED) is 0.619. The number of aromatic nitrogens is 2. The summed E-state index contributed by atoms with van der Waals surface area (Å²) in [5, 5.41) is 15.2. The summed E-state index contributed by atoms with van der Waals surface area (Å²) in [6.45, 7) is 1.04. The molecule has 0 atom stereocenters. The van der Waals surface area contributed by atoms with Crippen molar-refractivity contribution in [1.29, 1.82) is 0 Å². The number of hydrogen-bond donors (Lipinski definition) is 2. The predicted octanol–water partition coefficient (Wildman–Crippen LogP) is -0.228. The standard InChI is InChI=1S/C9H15N3O2/c13-7-2-1-4-10-9(14)8-12-6-3-5-11-12/h3,5-6,13H,1-2,4,7-8H2,(H,10,14). The highest BCUT2D eigenvalue weighted by Gasteiger charge is 2.00. The van der Waals surface area contributed by atoms with E-state index in [0.717, 1.165) is 12.8 Å². The molecule has 5 heteroatoms. The summed E-state index contributed by atoms with van der Waals surface area (Å²) < 4.78 is 1.57. The third-order valence-electron chi connectivity index (χ3n) is 1.77. The van der Waals surface area contributed by atoms with E-state index >= 15 is 0 Å². The van der Waals surface area contributed by atoms with Gasteiger partial charge < -0.3 is 10.4 Å². The Bertz CT molecular complexity index is 259. The molecule has 0 aromatic carbocycles. The average Bonchev–Trinajstić information content (AvgIpc) is 2.65. The van der Waals surface area contributed by atoms with Gasteiger partial charge in [0.15, 0.2) is 0 Å². The van der Waals surface area contributed by atoms with E-state index in [-0.39, 0.29) is 19.1 Å². The van der Waals surface area contributed by atoms with Gasteiger partial charge in [-0.2, -0.15) is 5.10 Å². The van der Waals surface area contributed by atoms with Crippen molar-refractivity contribution >= 4 is 5.91 Å². The Hall–Kier alpha value is -1.36. The first-order chi connectivity index (χ1) is 6.83. The van der Waals surface area contributed by atoms with Crippen molar-refractivity contribution in [3.05, 3.63) is 18.5 Å². The number of nitrogens with one attached hydrogen (secondary N) is 1. The molecule has 5 nitrogen and oxygen atoms in total. The first-order valence-electron chi connectivity index (χ1n) is 4.68. The van der Waals surface area contributed by atoms with E-state index in [0.29, 0.717) is 6.54 Å². The second-order valence-corrected chi connectivity index (χ2v) is 2.98. The summed E-state index contributed by atoms with van der Waals surface area (Å²) >= 11 is 0. The molecule has 0 aliphatic rings. The van der Waals surface area contributed by atoms with Crippen molar-refractivity contribution in [1.82, 2.24) is 15.1 Å².